The van der Waals surface area contributed by atoms with E-state index in [1.807, 2.05) is 61.5 Å². The molecule has 1 saturated heterocycles. The molecule has 27 heavy (non-hydrogen) atoms. The number of nitrogens with zero attached hydrogens (tertiary/aromatic N) is 2. The van der Waals surface area contributed by atoms with E-state index in [-0.39, 0.29) is 11.8 Å². The molecule has 6 nitrogen and oxygen atoms in total. The van der Waals surface area contributed by atoms with Crippen molar-refractivity contribution in [3.05, 3.63) is 60.2 Å². The molecule has 0 saturated carbocycles. The summed E-state index contributed by atoms with van der Waals surface area (Å²) in [5.41, 5.74) is 0.474. The molecule has 0 radical (unpaired) electrons. The molecule has 1 N–H and O–H groups in total. The molecule has 0 aromatic heterocycles. The van der Waals surface area contributed by atoms with Crippen molar-refractivity contribution in [2.45, 2.75) is 18.7 Å². The van der Waals surface area contributed by atoms with Gasteiger partial charge in [0.2, 0.25) is 17.5 Å². The Labute approximate surface area is 160 Å². The summed E-state index contributed by atoms with van der Waals surface area (Å²) in [4.78, 5) is 32.2. The van der Waals surface area contributed by atoms with Crippen molar-refractivity contribution in [2.24, 2.45) is 10.9 Å². The minimum Gasteiger partial charge on any atom is -0.465 e. The maximum Gasteiger partial charge on any atom is 0.239 e. The van der Waals surface area contributed by atoms with Gasteiger partial charge in [-0.15, -0.1) is 0 Å². The summed E-state index contributed by atoms with van der Waals surface area (Å²) in [6, 6.07) is 16.4. The molecule has 2 amide bonds. The highest BCUT2D eigenvalue weighted by Crippen LogP contribution is 2.52. The Balaban J connectivity index is 1.63. The molecule has 1 fully saturated rings. The number of benzene rings is 2. The van der Waals surface area contributed by atoms with Crippen LogP contribution in [0.3, 0.4) is 0 Å². The van der Waals surface area contributed by atoms with Crippen molar-refractivity contribution in [1.29, 1.82) is 0 Å². The van der Waals surface area contributed by atoms with Gasteiger partial charge in [-0.2, -0.15) is 0 Å². The Bertz CT molecular complexity index is 977. The van der Waals surface area contributed by atoms with Gasteiger partial charge in [0.1, 0.15) is 11.7 Å². The average molecular weight is 379 g/mol. The fraction of sp³-hybridized carbons (Fsp3) is 0.250. The van der Waals surface area contributed by atoms with Crippen LogP contribution in [-0.2, 0) is 9.59 Å². The molecule has 136 valence electrons. The van der Waals surface area contributed by atoms with E-state index in [4.69, 9.17) is 9.73 Å². The van der Waals surface area contributed by atoms with Gasteiger partial charge in [-0.3, -0.25) is 14.5 Å². The maximum atomic E-state index is 13.3. The number of ether oxygens (including phenoxy) is 1. The molecule has 2 bridgehead atoms. The van der Waals surface area contributed by atoms with Gasteiger partial charge in [0, 0.05) is 11.3 Å². The van der Waals surface area contributed by atoms with E-state index >= 15 is 0 Å². The van der Waals surface area contributed by atoms with Gasteiger partial charge in [0.05, 0.1) is 11.8 Å². The number of thioether (sulfide) groups is 1. The molecule has 3 aliphatic rings. The van der Waals surface area contributed by atoms with Crippen LogP contribution < -0.4 is 10.1 Å². The topological polar surface area (TPSA) is 71.0 Å². The Hall–Kier alpha value is -2.80. The van der Waals surface area contributed by atoms with Crippen molar-refractivity contribution in [1.82, 2.24) is 4.90 Å². The van der Waals surface area contributed by atoms with Crippen LogP contribution in [-0.4, -0.2) is 33.4 Å². The normalized spacial score (nSPS) is 28.0. The minimum atomic E-state index is -1.07. The number of rotatable bonds is 2. The van der Waals surface area contributed by atoms with Crippen molar-refractivity contribution in [3.63, 3.8) is 0 Å². The van der Waals surface area contributed by atoms with Crippen molar-refractivity contribution < 1.29 is 14.3 Å². The Morgan fingerprint density at radius 3 is 2.78 bits per heavy atom. The van der Waals surface area contributed by atoms with Crippen LogP contribution in [0.1, 0.15) is 18.5 Å². The number of para-hydroxylation sites is 2. The standard InChI is InChI=1S/C20H17N3O3S/c1-20-16(18(25)21-12-7-3-2-4-8-12)17(13-9-5-6-10-14(13)26-20)23-15(24)11-27-19(23)22-20/h2-10,16-17H,11H2,1H3,(H,21,25)/t16-,17-,20+/m1/s1. The molecule has 2 aromatic rings. The Morgan fingerprint density at radius 1 is 1.22 bits per heavy atom. The number of carbonyl (C=O) groups is 2. The first-order chi connectivity index (χ1) is 13.1. The molecule has 3 aliphatic heterocycles. The van der Waals surface area contributed by atoms with E-state index in [2.05, 4.69) is 5.32 Å². The second-order valence-electron chi connectivity index (χ2n) is 6.92. The van der Waals surface area contributed by atoms with Crippen LogP contribution in [0.5, 0.6) is 5.75 Å². The van der Waals surface area contributed by atoms with Gasteiger partial charge in [-0.05, 0) is 25.1 Å². The van der Waals surface area contributed by atoms with Gasteiger partial charge in [-0.1, -0.05) is 48.2 Å². The zero-order valence-corrected chi connectivity index (χ0v) is 15.4. The molecule has 0 aliphatic carbocycles. The summed E-state index contributed by atoms with van der Waals surface area (Å²) in [6.45, 7) is 1.82. The maximum absolute atomic E-state index is 13.3. The molecule has 2 aromatic carbocycles. The predicted molar refractivity (Wildman–Crippen MR) is 104 cm³/mol. The second kappa shape index (κ2) is 5.85. The zero-order valence-electron chi connectivity index (χ0n) is 14.6. The van der Waals surface area contributed by atoms with Gasteiger partial charge in [-0.25, -0.2) is 4.99 Å². The average Bonchev–Trinajstić information content (AvgIpc) is 3.01. The summed E-state index contributed by atoms with van der Waals surface area (Å²) in [6.07, 6.45) is 0. The number of aliphatic imine (C=N–C) groups is 1. The van der Waals surface area contributed by atoms with E-state index in [1.165, 1.54) is 11.8 Å². The fourth-order valence-electron chi connectivity index (χ4n) is 4.01. The second-order valence-corrected chi connectivity index (χ2v) is 7.86. The quantitative estimate of drug-likeness (QED) is 0.871. The summed E-state index contributed by atoms with van der Waals surface area (Å²) in [7, 11) is 0. The summed E-state index contributed by atoms with van der Waals surface area (Å²) in [5.74, 6) is 0.108. The lowest BCUT2D eigenvalue weighted by Gasteiger charge is -2.49. The largest absolute Gasteiger partial charge is 0.465 e. The molecular weight excluding hydrogens is 362 g/mol. The van der Waals surface area contributed by atoms with Crippen LogP contribution in [0.25, 0.3) is 0 Å². The number of amides is 2. The number of anilines is 1. The number of amidine groups is 1. The lowest BCUT2D eigenvalue weighted by molar-refractivity contribution is -0.139. The van der Waals surface area contributed by atoms with Crippen LogP contribution in [0.2, 0.25) is 0 Å². The van der Waals surface area contributed by atoms with Gasteiger partial charge >= 0.3 is 0 Å². The van der Waals surface area contributed by atoms with Gasteiger partial charge in [0.15, 0.2) is 5.17 Å². The highest BCUT2D eigenvalue weighted by atomic mass is 32.2. The van der Waals surface area contributed by atoms with Gasteiger partial charge in [0.25, 0.3) is 0 Å². The molecule has 3 heterocycles. The van der Waals surface area contributed by atoms with Gasteiger partial charge < -0.3 is 10.1 Å². The van der Waals surface area contributed by atoms with E-state index in [1.54, 1.807) is 4.90 Å². The molecule has 0 unspecified atom stereocenters. The molecule has 5 rings (SSSR count). The highest BCUT2D eigenvalue weighted by Gasteiger charge is 2.59. The summed E-state index contributed by atoms with van der Waals surface area (Å²) in [5, 5.41) is 3.59. The molecule has 7 heteroatoms. The highest BCUT2D eigenvalue weighted by molar-refractivity contribution is 8.15. The van der Waals surface area contributed by atoms with Crippen molar-refractivity contribution >= 4 is 34.4 Å². The lowest BCUT2D eigenvalue weighted by atomic mass is 9.79. The van der Waals surface area contributed by atoms with Crippen molar-refractivity contribution in [2.75, 3.05) is 11.1 Å². The van der Waals surface area contributed by atoms with E-state index < -0.39 is 17.7 Å². The third-order valence-electron chi connectivity index (χ3n) is 5.17. The smallest absolute Gasteiger partial charge is 0.239 e. The number of hydrogen-bond acceptors (Lipinski definition) is 5. The van der Waals surface area contributed by atoms with E-state index in [0.717, 1.165) is 5.56 Å². The van der Waals surface area contributed by atoms with Crippen LogP contribution in [0, 0.1) is 5.92 Å². The summed E-state index contributed by atoms with van der Waals surface area (Å²) >= 11 is 1.40. The van der Waals surface area contributed by atoms with E-state index in [9.17, 15) is 9.59 Å². The fourth-order valence-corrected chi connectivity index (χ4v) is 5.00. The Kier molecular flexibility index (Phi) is 3.55. The summed E-state index contributed by atoms with van der Waals surface area (Å²) < 4.78 is 6.21. The number of fused-ring (bicyclic) bond motifs is 6. The third-order valence-corrected chi connectivity index (χ3v) is 6.10. The number of hydrogen-bond donors (Lipinski definition) is 1. The minimum absolute atomic E-state index is 0.0278. The predicted octanol–water partition coefficient (Wildman–Crippen LogP) is 3.04. The molecule has 0 spiro atoms. The monoisotopic (exact) mass is 379 g/mol. The zero-order chi connectivity index (χ0) is 18.6. The van der Waals surface area contributed by atoms with Crippen LogP contribution >= 0.6 is 11.8 Å². The molecular formula is C20H17N3O3S. The van der Waals surface area contributed by atoms with Crippen LogP contribution in [0.15, 0.2) is 59.6 Å². The number of nitrogens with one attached hydrogen (secondary N) is 1. The molecule has 3 atom stereocenters. The number of carbonyl (C=O) groups excluding carboxylic acids is 2. The lowest BCUT2D eigenvalue weighted by Crippen LogP contribution is -2.59. The van der Waals surface area contributed by atoms with Crippen LogP contribution in [0.4, 0.5) is 5.69 Å². The van der Waals surface area contributed by atoms with E-state index in [0.29, 0.717) is 22.4 Å². The third kappa shape index (κ3) is 2.45. The first kappa shape index (κ1) is 16.4. The Morgan fingerprint density at radius 2 is 1.96 bits per heavy atom. The first-order valence-electron chi connectivity index (χ1n) is 8.75. The van der Waals surface area contributed by atoms with Crippen molar-refractivity contribution in [3.8, 4) is 5.75 Å². The first-order valence-corrected chi connectivity index (χ1v) is 9.74. The SMILES string of the molecule is C[C@]12N=C3SCC(=O)N3[C@H](c3ccccc3O1)[C@@H]2C(=O)Nc1ccccc1.